The first-order valence-electron chi connectivity index (χ1n) is 9.62. The molecule has 4 rings (SSSR count). The van der Waals surface area contributed by atoms with Crippen LogP contribution in [0.4, 0.5) is 5.95 Å². The Kier molecular flexibility index (Phi) is 4.63. The first kappa shape index (κ1) is 16.8. The Morgan fingerprint density at radius 3 is 2.72 bits per heavy atom. The summed E-state index contributed by atoms with van der Waals surface area (Å²) in [5.74, 6) is 2.54. The van der Waals surface area contributed by atoms with Gasteiger partial charge in [-0.2, -0.15) is 0 Å². The number of anilines is 1. The quantitative estimate of drug-likeness (QED) is 0.909. The highest BCUT2D eigenvalue weighted by Gasteiger charge is 2.39. The lowest BCUT2D eigenvalue weighted by Gasteiger charge is -2.28. The summed E-state index contributed by atoms with van der Waals surface area (Å²) in [5, 5.41) is 3.55. The van der Waals surface area contributed by atoms with Crippen LogP contribution >= 0.6 is 0 Å². The van der Waals surface area contributed by atoms with Crippen LogP contribution in [-0.4, -0.2) is 53.1 Å². The molecule has 1 aromatic heterocycles. The van der Waals surface area contributed by atoms with Crippen LogP contribution in [0.3, 0.4) is 0 Å². The van der Waals surface area contributed by atoms with Crippen LogP contribution in [0.25, 0.3) is 0 Å². The van der Waals surface area contributed by atoms with E-state index in [2.05, 4.69) is 24.1 Å². The van der Waals surface area contributed by atoms with Crippen LogP contribution in [0.2, 0.25) is 0 Å². The number of aromatic nitrogens is 2. The lowest BCUT2D eigenvalue weighted by molar-refractivity contribution is 0.0301. The van der Waals surface area contributed by atoms with Gasteiger partial charge in [0.15, 0.2) is 0 Å². The van der Waals surface area contributed by atoms with E-state index in [0.717, 1.165) is 17.5 Å². The molecule has 1 aromatic rings. The highest BCUT2D eigenvalue weighted by atomic mass is 16.5. The molecule has 6 nitrogen and oxygen atoms in total. The molecule has 2 bridgehead atoms. The van der Waals surface area contributed by atoms with Gasteiger partial charge in [-0.15, -0.1) is 0 Å². The van der Waals surface area contributed by atoms with Crippen molar-refractivity contribution in [3.63, 3.8) is 0 Å². The number of amides is 1. The second-order valence-corrected chi connectivity index (χ2v) is 7.98. The molecule has 1 N–H and O–H groups in total. The largest absolute Gasteiger partial charge is 0.378 e. The van der Waals surface area contributed by atoms with Crippen LogP contribution in [0.5, 0.6) is 0 Å². The molecular weight excluding hydrogens is 316 g/mol. The third-order valence-corrected chi connectivity index (χ3v) is 5.95. The third kappa shape index (κ3) is 3.36. The standard InChI is InChI=1S/C19H28N4O2/c1-12(2)17-15(18(24)23-5-7-25-8-6-23)11-20-19(22-17)21-16-10-13-3-4-14(16)9-13/h11-14,16H,3-10H2,1-2H3,(H,20,21,22)/t13-,14+,16-/m0/s1. The molecule has 25 heavy (non-hydrogen) atoms. The van der Waals surface area contributed by atoms with Gasteiger partial charge in [0.25, 0.3) is 5.91 Å². The molecule has 0 spiro atoms. The highest BCUT2D eigenvalue weighted by Crippen LogP contribution is 2.45. The number of fused-ring (bicyclic) bond motifs is 2. The summed E-state index contributed by atoms with van der Waals surface area (Å²) in [6.45, 7) is 6.66. The Morgan fingerprint density at radius 1 is 1.28 bits per heavy atom. The smallest absolute Gasteiger partial charge is 0.257 e. The van der Waals surface area contributed by atoms with Crippen molar-refractivity contribution in [2.75, 3.05) is 31.6 Å². The van der Waals surface area contributed by atoms with Crippen LogP contribution in [-0.2, 0) is 4.74 Å². The second-order valence-electron chi connectivity index (χ2n) is 7.98. The fourth-order valence-electron chi connectivity index (χ4n) is 4.59. The van der Waals surface area contributed by atoms with Crippen molar-refractivity contribution in [3.8, 4) is 0 Å². The molecule has 1 saturated heterocycles. The molecular formula is C19H28N4O2. The lowest BCUT2D eigenvalue weighted by atomic mass is 9.95. The van der Waals surface area contributed by atoms with E-state index in [1.807, 2.05) is 4.90 Å². The van der Waals surface area contributed by atoms with E-state index in [4.69, 9.17) is 9.72 Å². The zero-order chi connectivity index (χ0) is 17.4. The number of carbonyl (C=O) groups is 1. The number of carbonyl (C=O) groups excluding carboxylic acids is 1. The van der Waals surface area contributed by atoms with E-state index in [-0.39, 0.29) is 11.8 Å². The van der Waals surface area contributed by atoms with Gasteiger partial charge in [-0.3, -0.25) is 4.79 Å². The normalized spacial score (nSPS) is 28.6. The zero-order valence-electron chi connectivity index (χ0n) is 15.2. The molecule has 136 valence electrons. The minimum Gasteiger partial charge on any atom is -0.378 e. The van der Waals surface area contributed by atoms with Crippen molar-refractivity contribution in [1.29, 1.82) is 0 Å². The molecule has 3 fully saturated rings. The summed E-state index contributed by atoms with van der Waals surface area (Å²) in [5.41, 5.74) is 1.48. The number of ether oxygens (including phenoxy) is 1. The first-order valence-corrected chi connectivity index (χ1v) is 9.62. The Bertz CT molecular complexity index is 642. The topological polar surface area (TPSA) is 67.4 Å². The van der Waals surface area contributed by atoms with Crippen molar-refractivity contribution >= 4 is 11.9 Å². The van der Waals surface area contributed by atoms with Gasteiger partial charge in [-0.25, -0.2) is 9.97 Å². The molecule has 2 saturated carbocycles. The van der Waals surface area contributed by atoms with Gasteiger partial charge < -0.3 is 15.0 Å². The van der Waals surface area contributed by atoms with Crippen LogP contribution in [0.15, 0.2) is 6.20 Å². The molecule has 1 amide bonds. The predicted octanol–water partition coefficient (Wildman–Crippen LogP) is 2.67. The maximum Gasteiger partial charge on any atom is 0.257 e. The van der Waals surface area contributed by atoms with E-state index in [0.29, 0.717) is 43.9 Å². The monoisotopic (exact) mass is 344 g/mol. The Morgan fingerprint density at radius 2 is 2.08 bits per heavy atom. The van der Waals surface area contributed by atoms with Crippen molar-refractivity contribution in [3.05, 3.63) is 17.5 Å². The van der Waals surface area contributed by atoms with E-state index < -0.39 is 0 Å². The van der Waals surface area contributed by atoms with Gasteiger partial charge in [0, 0.05) is 25.3 Å². The van der Waals surface area contributed by atoms with Gasteiger partial charge in [0.2, 0.25) is 5.95 Å². The summed E-state index contributed by atoms with van der Waals surface area (Å²) in [7, 11) is 0. The SMILES string of the molecule is CC(C)c1nc(N[C@H]2C[C@H]3CC[C@@H]2C3)ncc1C(=O)N1CCOCC1. The summed E-state index contributed by atoms with van der Waals surface area (Å²) >= 11 is 0. The average Bonchev–Trinajstić information content (AvgIpc) is 3.25. The second kappa shape index (κ2) is 6.90. The molecule has 2 heterocycles. The van der Waals surface area contributed by atoms with Crippen molar-refractivity contribution in [1.82, 2.24) is 14.9 Å². The maximum atomic E-state index is 12.9. The molecule has 0 unspecified atom stereocenters. The molecule has 3 atom stereocenters. The summed E-state index contributed by atoms with van der Waals surface area (Å²) in [4.78, 5) is 23.9. The third-order valence-electron chi connectivity index (χ3n) is 5.95. The molecule has 2 aliphatic carbocycles. The van der Waals surface area contributed by atoms with E-state index in [1.54, 1.807) is 6.20 Å². The summed E-state index contributed by atoms with van der Waals surface area (Å²) in [6.07, 6.45) is 7.01. The number of nitrogens with zero attached hydrogens (tertiary/aromatic N) is 3. The molecule has 0 aromatic carbocycles. The van der Waals surface area contributed by atoms with Crippen LogP contribution in [0, 0.1) is 11.8 Å². The van der Waals surface area contributed by atoms with Crippen LogP contribution in [0.1, 0.15) is 61.5 Å². The number of morpholine rings is 1. The Labute approximate surface area is 149 Å². The Balaban J connectivity index is 1.53. The van der Waals surface area contributed by atoms with Gasteiger partial charge >= 0.3 is 0 Å². The molecule has 0 radical (unpaired) electrons. The van der Waals surface area contributed by atoms with Crippen LogP contribution < -0.4 is 5.32 Å². The fraction of sp³-hybridized carbons (Fsp3) is 0.737. The number of hydrogen-bond donors (Lipinski definition) is 1. The minimum absolute atomic E-state index is 0.0264. The number of hydrogen-bond acceptors (Lipinski definition) is 5. The van der Waals surface area contributed by atoms with E-state index >= 15 is 0 Å². The van der Waals surface area contributed by atoms with Crippen molar-refractivity contribution in [2.24, 2.45) is 11.8 Å². The molecule has 3 aliphatic rings. The number of rotatable bonds is 4. The van der Waals surface area contributed by atoms with Crippen molar-refractivity contribution < 1.29 is 9.53 Å². The molecule has 1 aliphatic heterocycles. The van der Waals surface area contributed by atoms with Gasteiger partial charge in [-0.05, 0) is 37.0 Å². The fourth-order valence-corrected chi connectivity index (χ4v) is 4.59. The van der Waals surface area contributed by atoms with Gasteiger partial charge in [-0.1, -0.05) is 20.3 Å². The Hall–Kier alpha value is -1.69. The zero-order valence-corrected chi connectivity index (χ0v) is 15.2. The minimum atomic E-state index is 0.0264. The van der Waals surface area contributed by atoms with E-state index in [9.17, 15) is 4.79 Å². The van der Waals surface area contributed by atoms with Crippen molar-refractivity contribution in [2.45, 2.75) is 51.5 Å². The summed E-state index contributed by atoms with van der Waals surface area (Å²) in [6, 6.07) is 0.500. The molecule has 6 heteroatoms. The van der Waals surface area contributed by atoms with Gasteiger partial charge in [0.1, 0.15) is 0 Å². The maximum absolute atomic E-state index is 12.9. The number of nitrogens with one attached hydrogen (secondary N) is 1. The average molecular weight is 344 g/mol. The lowest BCUT2D eigenvalue weighted by Crippen LogP contribution is -2.41. The summed E-state index contributed by atoms with van der Waals surface area (Å²) < 4.78 is 5.35. The highest BCUT2D eigenvalue weighted by molar-refractivity contribution is 5.95. The van der Waals surface area contributed by atoms with Gasteiger partial charge in [0.05, 0.1) is 24.5 Å². The van der Waals surface area contributed by atoms with E-state index in [1.165, 1.54) is 25.7 Å². The predicted molar refractivity (Wildman–Crippen MR) is 95.7 cm³/mol. The first-order chi connectivity index (χ1) is 12.1.